The van der Waals surface area contributed by atoms with Crippen molar-refractivity contribution in [3.63, 3.8) is 0 Å². The zero-order valence-electron chi connectivity index (χ0n) is 27.9. The van der Waals surface area contributed by atoms with Gasteiger partial charge in [-0.3, -0.25) is 9.59 Å². The van der Waals surface area contributed by atoms with Gasteiger partial charge in [-0.05, 0) is 83.5 Å². The molecule has 0 aliphatic heterocycles. The van der Waals surface area contributed by atoms with Crippen LogP contribution in [0.5, 0.6) is 0 Å². The Balaban J connectivity index is 3.73. The monoisotopic (exact) mass is 610 g/mol. The summed E-state index contributed by atoms with van der Waals surface area (Å²) in [7, 11) is 0. The summed E-state index contributed by atoms with van der Waals surface area (Å²) in [6, 6.07) is 0. The number of ether oxygens (including phenoxy) is 2. The van der Waals surface area contributed by atoms with Crippen molar-refractivity contribution in [1.29, 1.82) is 0 Å². The second-order valence-electron chi connectivity index (χ2n) is 10.8. The smallest absolute Gasteiger partial charge is 0.306 e. The maximum Gasteiger partial charge on any atom is 0.306 e. The first kappa shape index (κ1) is 41.1. The Morgan fingerprint density at radius 2 is 0.909 bits per heavy atom. The van der Waals surface area contributed by atoms with E-state index in [9.17, 15) is 14.7 Å². The molecule has 0 aromatic heterocycles. The molecule has 0 unspecified atom stereocenters. The summed E-state index contributed by atoms with van der Waals surface area (Å²) in [6.45, 7) is 3.83. The van der Waals surface area contributed by atoms with Crippen LogP contribution in [0.25, 0.3) is 0 Å². The molecule has 0 aromatic rings. The molecule has 0 radical (unpaired) electrons. The fourth-order valence-corrected chi connectivity index (χ4v) is 4.14. The number of hydrogen-bond donors (Lipinski definition) is 1. The number of hydrogen-bond acceptors (Lipinski definition) is 5. The number of unbranched alkanes of at least 4 members (excludes halogenated alkanes) is 7. The highest BCUT2D eigenvalue weighted by Gasteiger charge is 2.15. The Bertz CT molecular complexity index is 875. The van der Waals surface area contributed by atoms with E-state index in [2.05, 4.69) is 98.9 Å². The molecule has 0 saturated heterocycles. The number of carbonyl (C=O) groups is 2. The Kier molecular flexibility index (Phi) is 32.3. The molecule has 248 valence electrons. The van der Waals surface area contributed by atoms with Gasteiger partial charge in [0.15, 0.2) is 6.10 Å². The first-order valence-corrected chi connectivity index (χ1v) is 17.1. The molecule has 0 spiro atoms. The van der Waals surface area contributed by atoms with Crippen molar-refractivity contribution in [2.24, 2.45) is 0 Å². The van der Waals surface area contributed by atoms with Crippen molar-refractivity contribution < 1.29 is 24.2 Å². The van der Waals surface area contributed by atoms with Crippen LogP contribution in [-0.2, 0) is 19.1 Å². The number of allylic oxidation sites excluding steroid dienone is 14. The second kappa shape index (κ2) is 34.6. The average molecular weight is 611 g/mol. The number of rotatable bonds is 29. The number of carbonyl (C=O) groups excluding carboxylic acids is 2. The SMILES string of the molecule is CC/C=C\C/C=C\C/C=C\C/C=C\CCCCC(=O)O[C@@H](CO)COC(=O)CCCCCCC/C=C\C/C=C\C/C=C\CC. The van der Waals surface area contributed by atoms with Crippen molar-refractivity contribution in [1.82, 2.24) is 0 Å². The Hall–Kier alpha value is -2.92. The van der Waals surface area contributed by atoms with Gasteiger partial charge in [0, 0.05) is 12.8 Å². The zero-order chi connectivity index (χ0) is 32.2. The van der Waals surface area contributed by atoms with Gasteiger partial charge in [-0.25, -0.2) is 0 Å². The van der Waals surface area contributed by atoms with Crippen molar-refractivity contribution in [3.8, 4) is 0 Å². The third-order valence-electron chi connectivity index (χ3n) is 6.68. The number of esters is 2. The van der Waals surface area contributed by atoms with E-state index in [1.165, 1.54) is 0 Å². The van der Waals surface area contributed by atoms with E-state index >= 15 is 0 Å². The van der Waals surface area contributed by atoms with E-state index in [1.807, 2.05) is 0 Å². The molecule has 0 aliphatic rings. The van der Waals surface area contributed by atoms with E-state index in [4.69, 9.17) is 9.47 Å². The van der Waals surface area contributed by atoms with Gasteiger partial charge in [0.1, 0.15) is 6.61 Å². The van der Waals surface area contributed by atoms with Gasteiger partial charge < -0.3 is 14.6 Å². The molecule has 0 heterocycles. The minimum absolute atomic E-state index is 0.0972. The Morgan fingerprint density at radius 3 is 1.41 bits per heavy atom. The normalized spacial score (nSPS) is 13.2. The van der Waals surface area contributed by atoms with E-state index in [0.717, 1.165) is 103 Å². The molecular formula is C39H62O5. The van der Waals surface area contributed by atoms with E-state index in [0.29, 0.717) is 12.8 Å². The molecule has 44 heavy (non-hydrogen) atoms. The average Bonchev–Trinajstić information content (AvgIpc) is 3.02. The Labute approximate surface area is 269 Å². The molecule has 5 nitrogen and oxygen atoms in total. The fourth-order valence-electron chi connectivity index (χ4n) is 4.14. The van der Waals surface area contributed by atoms with Crippen molar-refractivity contribution in [2.45, 2.75) is 136 Å². The lowest BCUT2D eigenvalue weighted by Crippen LogP contribution is -2.28. The Morgan fingerprint density at radius 1 is 0.523 bits per heavy atom. The van der Waals surface area contributed by atoms with Crippen LogP contribution >= 0.6 is 0 Å². The van der Waals surface area contributed by atoms with Gasteiger partial charge >= 0.3 is 11.9 Å². The highest BCUT2D eigenvalue weighted by Crippen LogP contribution is 2.10. The molecule has 1 N–H and O–H groups in total. The van der Waals surface area contributed by atoms with Crippen LogP contribution < -0.4 is 0 Å². The van der Waals surface area contributed by atoms with Crippen LogP contribution in [0.15, 0.2) is 85.1 Å². The summed E-state index contributed by atoms with van der Waals surface area (Å²) in [5.41, 5.74) is 0. The maximum atomic E-state index is 12.1. The first-order valence-electron chi connectivity index (χ1n) is 17.1. The van der Waals surface area contributed by atoms with Gasteiger partial charge in [0.05, 0.1) is 6.61 Å². The summed E-state index contributed by atoms with van der Waals surface area (Å²) in [5, 5.41) is 9.51. The fraction of sp³-hybridized carbons (Fsp3) is 0.590. The maximum absolute atomic E-state index is 12.1. The number of aliphatic hydroxyl groups excluding tert-OH is 1. The third-order valence-corrected chi connectivity index (χ3v) is 6.68. The molecular weight excluding hydrogens is 548 g/mol. The minimum atomic E-state index is -0.803. The van der Waals surface area contributed by atoms with Crippen molar-refractivity contribution >= 4 is 11.9 Å². The van der Waals surface area contributed by atoms with E-state index < -0.39 is 6.10 Å². The van der Waals surface area contributed by atoms with Crippen LogP contribution in [0.2, 0.25) is 0 Å². The van der Waals surface area contributed by atoms with Crippen LogP contribution in [0, 0.1) is 0 Å². The van der Waals surface area contributed by atoms with Crippen molar-refractivity contribution in [2.75, 3.05) is 13.2 Å². The van der Waals surface area contributed by atoms with Crippen LogP contribution in [-0.4, -0.2) is 36.4 Å². The zero-order valence-corrected chi connectivity index (χ0v) is 27.9. The van der Waals surface area contributed by atoms with Crippen LogP contribution in [0.4, 0.5) is 0 Å². The minimum Gasteiger partial charge on any atom is -0.462 e. The largest absolute Gasteiger partial charge is 0.462 e. The van der Waals surface area contributed by atoms with Gasteiger partial charge in [-0.1, -0.05) is 118 Å². The summed E-state index contributed by atoms with van der Waals surface area (Å²) >= 11 is 0. The van der Waals surface area contributed by atoms with Crippen LogP contribution in [0.3, 0.4) is 0 Å². The molecule has 0 aromatic carbocycles. The lowest BCUT2D eigenvalue weighted by Gasteiger charge is -2.15. The molecule has 0 aliphatic carbocycles. The summed E-state index contributed by atoms with van der Waals surface area (Å²) in [6.07, 6.45) is 46.4. The van der Waals surface area contributed by atoms with Gasteiger partial charge in [0.2, 0.25) is 0 Å². The summed E-state index contributed by atoms with van der Waals surface area (Å²) in [4.78, 5) is 24.1. The molecule has 5 heteroatoms. The van der Waals surface area contributed by atoms with Gasteiger partial charge in [0.25, 0.3) is 0 Å². The lowest BCUT2D eigenvalue weighted by atomic mass is 10.1. The predicted molar refractivity (Wildman–Crippen MR) is 186 cm³/mol. The van der Waals surface area contributed by atoms with E-state index in [1.54, 1.807) is 0 Å². The molecule has 0 bridgehead atoms. The topological polar surface area (TPSA) is 72.8 Å². The number of aliphatic hydroxyl groups is 1. The molecule has 1 atom stereocenters. The quantitative estimate of drug-likeness (QED) is 0.0518. The summed E-state index contributed by atoms with van der Waals surface area (Å²) < 4.78 is 10.5. The standard InChI is InChI=1S/C39H62O5/c1-3-5-7-9-11-13-15-17-19-21-23-25-27-29-31-33-38(41)43-36-37(35-40)44-39(42)34-32-30-28-26-24-22-20-18-16-14-12-10-8-6-4-2/h5-8,11-14,17-20,24,26,37,40H,3-4,9-10,15-16,21-23,25,27-36H2,1-2H3/b7-5-,8-6-,13-11-,14-12-,19-17-,20-18-,26-24-/t37-/m0/s1. The molecule has 0 fully saturated rings. The van der Waals surface area contributed by atoms with Gasteiger partial charge in [-0.2, -0.15) is 0 Å². The second-order valence-corrected chi connectivity index (χ2v) is 10.8. The van der Waals surface area contributed by atoms with Crippen LogP contribution in [0.1, 0.15) is 129 Å². The first-order chi connectivity index (χ1) is 21.6. The molecule has 0 saturated carbocycles. The molecule has 0 rings (SSSR count). The highest BCUT2D eigenvalue weighted by molar-refractivity contribution is 5.70. The lowest BCUT2D eigenvalue weighted by molar-refractivity contribution is -0.161. The summed E-state index contributed by atoms with van der Waals surface area (Å²) in [5.74, 6) is -0.671. The predicted octanol–water partition coefficient (Wildman–Crippen LogP) is 10.4. The molecule has 0 amide bonds. The van der Waals surface area contributed by atoms with Gasteiger partial charge in [-0.15, -0.1) is 0 Å². The third kappa shape index (κ3) is 32.0. The van der Waals surface area contributed by atoms with Crippen molar-refractivity contribution in [3.05, 3.63) is 85.1 Å². The highest BCUT2D eigenvalue weighted by atomic mass is 16.6. The van der Waals surface area contributed by atoms with E-state index in [-0.39, 0.29) is 25.2 Å².